The third-order valence-electron chi connectivity index (χ3n) is 6.21. The van der Waals surface area contributed by atoms with E-state index in [0.29, 0.717) is 17.6 Å². The molecule has 0 radical (unpaired) electrons. The molecule has 0 fully saturated rings. The van der Waals surface area contributed by atoms with Gasteiger partial charge in [0.25, 0.3) is 0 Å². The molecule has 1 aliphatic carbocycles. The maximum atomic E-state index is 9.70. The molecule has 2 atom stereocenters. The highest BCUT2D eigenvalue weighted by atomic mass is 16.2. The average Bonchev–Trinajstić information content (AvgIpc) is 3.23. The number of benzene rings is 3. The summed E-state index contributed by atoms with van der Waals surface area (Å²) in [6.07, 6.45) is 6.29. The number of rotatable bonds is 4. The van der Waals surface area contributed by atoms with Crippen LogP contribution in [0.25, 0.3) is 22.8 Å². The number of fused-ring (bicyclic) bond motifs is 3. The van der Waals surface area contributed by atoms with E-state index >= 15 is 0 Å². The molecule has 4 aromatic rings. The molecule has 6 heteroatoms. The molecule has 1 N–H and O–H groups in total. The SMILES string of the molecule is OBC1=CC2c3ccccc3N(c3nc(-c4ccccc4)nc(-c4ccccc4)n3)C2C=C1. The predicted molar refractivity (Wildman–Crippen MR) is 132 cm³/mol. The lowest BCUT2D eigenvalue weighted by atomic mass is 9.78. The Balaban J connectivity index is 1.55. The molecular weight excluding hydrogens is 407 g/mol. The summed E-state index contributed by atoms with van der Waals surface area (Å²) < 4.78 is 0. The van der Waals surface area contributed by atoms with Crippen molar-refractivity contribution >= 4 is 19.1 Å². The van der Waals surface area contributed by atoms with Crippen LogP contribution in [0.1, 0.15) is 11.5 Å². The first-order valence-corrected chi connectivity index (χ1v) is 11.1. The molecule has 33 heavy (non-hydrogen) atoms. The van der Waals surface area contributed by atoms with Crippen LogP contribution in [-0.4, -0.2) is 33.5 Å². The van der Waals surface area contributed by atoms with Gasteiger partial charge in [-0.3, -0.25) is 0 Å². The van der Waals surface area contributed by atoms with E-state index in [0.717, 1.165) is 22.3 Å². The maximum Gasteiger partial charge on any atom is 0.304 e. The minimum absolute atomic E-state index is 0.0317. The molecule has 5 nitrogen and oxygen atoms in total. The number of nitrogens with zero attached hydrogens (tertiary/aromatic N) is 4. The summed E-state index contributed by atoms with van der Waals surface area (Å²) in [7, 11) is 0.0317. The lowest BCUT2D eigenvalue weighted by molar-refractivity contribution is 0.610. The second kappa shape index (κ2) is 8.15. The highest BCUT2D eigenvalue weighted by Crippen LogP contribution is 2.47. The molecule has 0 saturated heterocycles. The third-order valence-corrected chi connectivity index (χ3v) is 6.21. The molecule has 3 aromatic carbocycles. The van der Waals surface area contributed by atoms with E-state index in [-0.39, 0.29) is 19.4 Å². The first-order chi connectivity index (χ1) is 16.3. The minimum Gasteiger partial charge on any atom is -0.449 e. The van der Waals surface area contributed by atoms with Crippen LogP contribution in [-0.2, 0) is 0 Å². The average molecular weight is 428 g/mol. The Bertz CT molecular complexity index is 1310. The van der Waals surface area contributed by atoms with Gasteiger partial charge in [0, 0.05) is 22.7 Å². The molecular formula is C27H21BN4O. The van der Waals surface area contributed by atoms with Crippen LogP contribution in [0.3, 0.4) is 0 Å². The van der Waals surface area contributed by atoms with Gasteiger partial charge in [-0.05, 0) is 11.6 Å². The lowest BCUT2D eigenvalue weighted by Crippen LogP contribution is -2.31. The van der Waals surface area contributed by atoms with Crippen molar-refractivity contribution < 1.29 is 5.02 Å². The van der Waals surface area contributed by atoms with E-state index in [1.54, 1.807) is 0 Å². The Morgan fingerprint density at radius 1 is 0.727 bits per heavy atom. The second-order valence-electron chi connectivity index (χ2n) is 8.22. The van der Waals surface area contributed by atoms with Gasteiger partial charge in [0.2, 0.25) is 5.95 Å². The number of hydrogen-bond acceptors (Lipinski definition) is 5. The van der Waals surface area contributed by atoms with Crippen molar-refractivity contribution in [2.75, 3.05) is 4.90 Å². The zero-order chi connectivity index (χ0) is 22.2. The molecule has 1 aromatic heterocycles. The van der Waals surface area contributed by atoms with Crippen molar-refractivity contribution in [3.63, 3.8) is 0 Å². The van der Waals surface area contributed by atoms with Crippen molar-refractivity contribution in [1.29, 1.82) is 0 Å². The number of anilines is 2. The molecule has 1 aliphatic heterocycles. The van der Waals surface area contributed by atoms with Crippen LogP contribution < -0.4 is 4.90 Å². The summed E-state index contributed by atoms with van der Waals surface area (Å²) in [6.45, 7) is 0. The number of allylic oxidation sites excluding steroid dienone is 2. The van der Waals surface area contributed by atoms with Gasteiger partial charge in [-0.25, -0.2) is 4.98 Å². The van der Waals surface area contributed by atoms with Crippen LogP contribution in [0.15, 0.2) is 109 Å². The van der Waals surface area contributed by atoms with Crippen molar-refractivity contribution in [2.24, 2.45) is 0 Å². The zero-order valence-corrected chi connectivity index (χ0v) is 17.9. The standard InChI is InChI=1S/C27H21BN4O/c33-28-20-15-16-24-22(17-20)21-13-7-8-14-23(21)32(24)27-30-25(18-9-3-1-4-10-18)29-26(31-27)19-11-5-2-6-12-19/h1-17,22,24,28,33H. The van der Waals surface area contributed by atoms with Gasteiger partial charge in [-0.15, -0.1) is 0 Å². The molecule has 6 rings (SSSR count). The monoisotopic (exact) mass is 428 g/mol. The molecule has 2 unspecified atom stereocenters. The minimum atomic E-state index is 0.0317. The fourth-order valence-electron chi connectivity index (χ4n) is 4.65. The van der Waals surface area contributed by atoms with Gasteiger partial charge < -0.3 is 9.92 Å². The van der Waals surface area contributed by atoms with E-state index in [1.807, 2.05) is 72.8 Å². The number of aromatic nitrogens is 3. The lowest BCUT2D eigenvalue weighted by Gasteiger charge is -2.28. The number of hydrogen-bond donors (Lipinski definition) is 1. The summed E-state index contributed by atoms with van der Waals surface area (Å²) in [5.41, 5.74) is 5.11. The van der Waals surface area contributed by atoms with E-state index in [1.165, 1.54) is 5.56 Å². The van der Waals surface area contributed by atoms with Gasteiger partial charge in [-0.2, -0.15) is 9.97 Å². The number of para-hydroxylation sites is 1. The van der Waals surface area contributed by atoms with Gasteiger partial charge in [0.15, 0.2) is 11.6 Å². The molecule has 0 spiro atoms. The maximum absolute atomic E-state index is 9.70. The Labute approximate surface area is 193 Å². The summed E-state index contributed by atoms with van der Waals surface area (Å²) in [5, 5.41) is 9.70. The molecule has 158 valence electrons. The summed E-state index contributed by atoms with van der Waals surface area (Å²) in [5.74, 6) is 2.04. The first-order valence-electron chi connectivity index (χ1n) is 11.1. The van der Waals surface area contributed by atoms with Gasteiger partial charge in [0.1, 0.15) is 0 Å². The van der Waals surface area contributed by atoms with Crippen molar-refractivity contribution in [2.45, 2.75) is 12.0 Å². The van der Waals surface area contributed by atoms with Gasteiger partial charge in [-0.1, -0.05) is 103 Å². The molecule has 2 heterocycles. The largest absolute Gasteiger partial charge is 0.449 e. The quantitative estimate of drug-likeness (QED) is 0.481. The van der Waals surface area contributed by atoms with Crippen LogP contribution in [0.5, 0.6) is 0 Å². The summed E-state index contributed by atoms with van der Waals surface area (Å²) in [6, 6.07) is 28.4. The third kappa shape index (κ3) is 3.45. The van der Waals surface area contributed by atoms with Gasteiger partial charge in [0.05, 0.1) is 6.04 Å². The van der Waals surface area contributed by atoms with Crippen molar-refractivity contribution in [3.05, 3.63) is 114 Å². The van der Waals surface area contributed by atoms with Gasteiger partial charge >= 0.3 is 7.48 Å². The Morgan fingerprint density at radius 2 is 1.33 bits per heavy atom. The van der Waals surface area contributed by atoms with Crippen molar-refractivity contribution in [1.82, 2.24) is 15.0 Å². The predicted octanol–water partition coefficient (Wildman–Crippen LogP) is 4.61. The van der Waals surface area contributed by atoms with Crippen LogP contribution in [0, 0.1) is 0 Å². The Morgan fingerprint density at radius 3 is 1.97 bits per heavy atom. The first kappa shape index (κ1) is 19.6. The fourth-order valence-corrected chi connectivity index (χ4v) is 4.65. The van der Waals surface area contributed by atoms with Crippen molar-refractivity contribution in [3.8, 4) is 22.8 Å². The Hall–Kier alpha value is -4.03. The molecule has 0 saturated carbocycles. The van der Waals surface area contributed by atoms with Crippen LogP contribution >= 0.6 is 0 Å². The van der Waals surface area contributed by atoms with Crippen LogP contribution in [0.2, 0.25) is 0 Å². The zero-order valence-electron chi connectivity index (χ0n) is 17.9. The summed E-state index contributed by atoms with van der Waals surface area (Å²) >= 11 is 0. The highest BCUT2D eigenvalue weighted by molar-refractivity contribution is 6.37. The normalized spacial score (nSPS) is 18.5. The molecule has 2 aliphatic rings. The Kier molecular flexibility index (Phi) is 4.85. The molecule has 0 bridgehead atoms. The van der Waals surface area contributed by atoms with E-state index in [4.69, 9.17) is 15.0 Å². The van der Waals surface area contributed by atoms with Crippen LogP contribution in [0.4, 0.5) is 11.6 Å². The second-order valence-corrected chi connectivity index (χ2v) is 8.22. The molecule has 0 amide bonds. The highest BCUT2D eigenvalue weighted by Gasteiger charge is 2.39. The van der Waals surface area contributed by atoms with E-state index in [9.17, 15) is 5.02 Å². The van der Waals surface area contributed by atoms with E-state index in [2.05, 4.69) is 35.3 Å². The summed E-state index contributed by atoms with van der Waals surface area (Å²) in [4.78, 5) is 16.9. The van der Waals surface area contributed by atoms with E-state index < -0.39 is 0 Å². The topological polar surface area (TPSA) is 62.1 Å². The fraction of sp³-hybridized carbons (Fsp3) is 0.0741. The smallest absolute Gasteiger partial charge is 0.304 e.